The number of hydrogen-bond acceptors (Lipinski definition) is 13. The Bertz CT molecular complexity index is 1540. The Morgan fingerprint density at radius 1 is 1.06 bits per heavy atom. The van der Waals surface area contributed by atoms with Gasteiger partial charge in [-0.3, -0.25) is 14.6 Å². The summed E-state index contributed by atoms with van der Waals surface area (Å²) in [5, 5.41) is 48.0. The van der Waals surface area contributed by atoms with E-state index in [0.29, 0.717) is 5.56 Å². The van der Waals surface area contributed by atoms with Gasteiger partial charge in [0.05, 0.1) is 18.4 Å². The molecule has 0 unspecified atom stereocenters. The molecule has 2 heterocycles. The Morgan fingerprint density at radius 3 is 2.53 bits per heavy atom. The minimum atomic E-state index is -5.09. The van der Waals surface area contributed by atoms with E-state index in [2.05, 4.69) is 10.5 Å². The number of ether oxygens (including phenoxy) is 4. The molecule has 0 bridgehead atoms. The second kappa shape index (κ2) is 14.7. The molecule has 0 radical (unpaired) electrons. The molecule has 256 valence electrons. The van der Waals surface area contributed by atoms with E-state index in [1.54, 1.807) is 6.07 Å². The van der Waals surface area contributed by atoms with Gasteiger partial charge in [-0.25, -0.2) is 8.96 Å². The zero-order valence-corrected chi connectivity index (χ0v) is 25.6. The summed E-state index contributed by atoms with van der Waals surface area (Å²) in [5.41, 5.74) is 0.847. The molecule has 1 amide bonds. The van der Waals surface area contributed by atoms with Crippen molar-refractivity contribution < 1.29 is 72.3 Å². The quantitative estimate of drug-likeness (QED) is 0.0719. The number of amides is 1. The first-order valence-corrected chi connectivity index (χ1v) is 15.9. The Labute approximate surface area is 267 Å². The lowest BCUT2D eigenvalue weighted by Gasteiger charge is -2.41. The fourth-order valence-electron chi connectivity index (χ4n) is 5.29. The number of oxime groups is 1. The molecule has 2 aromatic rings. The van der Waals surface area contributed by atoms with Gasteiger partial charge in [0, 0.05) is 12.0 Å². The summed E-state index contributed by atoms with van der Waals surface area (Å²) in [4.78, 5) is 37.0. The van der Waals surface area contributed by atoms with Gasteiger partial charge in [0.2, 0.25) is 12.2 Å². The van der Waals surface area contributed by atoms with Crippen LogP contribution in [0.3, 0.4) is 0 Å². The monoisotopic (exact) mass is 684 g/mol. The first kappa shape index (κ1) is 34.8. The highest BCUT2D eigenvalue weighted by Gasteiger charge is 2.53. The van der Waals surface area contributed by atoms with Crippen molar-refractivity contribution in [3.63, 3.8) is 0 Å². The van der Waals surface area contributed by atoms with Crippen LogP contribution in [0, 0.1) is 5.82 Å². The van der Waals surface area contributed by atoms with Crippen molar-refractivity contribution in [3.8, 4) is 11.5 Å². The molecule has 3 aliphatic rings. The fourth-order valence-corrected chi connectivity index (χ4v) is 5.69. The molecule has 9 atom stereocenters. The minimum Gasteiger partial charge on any atom is -0.461 e. The molecule has 16 nitrogen and oxygen atoms in total. The van der Waals surface area contributed by atoms with E-state index in [0.717, 1.165) is 0 Å². The smallest absolute Gasteiger partial charge is 0.461 e. The summed E-state index contributed by atoms with van der Waals surface area (Å²) in [7, 11) is -5.09. The van der Waals surface area contributed by atoms with Gasteiger partial charge in [0.15, 0.2) is 11.5 Å². The number of nitrogens with zero attached hydrogens (tertiary/aromatic N) is 1. The average molecular weight is 685 g/mol. The molecule has 0 aromatic heterocycles. The van der Waals surface area contributed by atoms with Crippen molar-refractivity contribution >= 4 is 26.0 Å². The lowest BCUT2D eigenvalue weighted by Crippen LogP contribution is -2.67. The molecular formula is C29H34FN2O14P. The number of aliphatic hydroxyl groups excluding tert-OH is 4. The zero-order valence-electron chi connectivity index (χ0n) is 24.7. The highest BCUT2D eigenvalue weighted by Crippen LogP contribution is 2.43. The highest BCUT2D eigenvalue weighted by molar-refractivity contribution is 7.46. The normalized spacial score (nSPS) is 31.1. The number of halogens is 1. The summed E-state index contributed by atoms with van der Waals surface area (Å²) >= 11 is 0. The molecule has 47 heavy (non-hydrogen) atoms. The number of fused-ring (bicyclic) bond motifs is 1. The average Bonchev–Trinajstić information content (AvgIpc) is 3.64. The second-order valence-electron chi connectivity index (χ2n) is 11.1. The molecule has 1 aliphatic carbocycles. The number of aliphatic hydroxyl groups is 4. The molecule has 1 saturated carbocycles. The van der Waals surface area contributed by atoms with Crippen LogP contribution in [0.4, 0.5) is 4.39 Å². The number of nitrogens with one attached hydrogen (secondary N) is 1. The maximum Gasteiger partial charge on any atom is 0.524 e. The first-order valence-electron chi connectivity index (χ1n) is 14.3. The van der Waals surface area contributed by atoms with Crippen LogP contribution in [0.25, 0.3) is 6.08 Å². The van der Waals surface area contributed by atoms with E-state index in [4.69, 9.17) is 28.3 Å². The Morgan fingerprint density at radius 2 is 1.81 bits per heavy atom. The standard InChI is InChI=1S/C29H34FN2O14P/c1-14(29(37)32-23-24(34)26(36)28-27(25(23)35)41-13-42-28)7-15-5-6-19(20(9-15)46-47(38,39)40)44-22-10-18(33)21(45-22)11-31-43-12-16-3-2-4-17(30)8-16/h2-9,11,18,21-28,33-36H,10,12-13H2,1H3,(H,32,37)(H2,38,39,40)/b14-7+,31-11-/t18-,21+,22+,23+,24-,25+,26+,27-,28+/m0/s1. The predicted octanol–water partition coefficient (Wildman–Crippen LogP) is 0.0804. The molecule has 5 rings (SSSR count). The summed E-state index contributed by atoms with van der Waals surface area (Å²) < 4.78 is 51.7. The number of carbonyl (C=O) groups is 1. The van der Waals surface area contributed by atoms with Crippen LogP contribution in [0.2, 0.25) is 0 Å². The van der Waals surface area contributed by atoms with Crippen LogP contribution in [-0.2, 0) is 35.0 Å². The predicted molar refractivity (Wildman–Crippen MR) is 157 cm³/mol. The van der Waals surface area contributed by atoms with Crippen LogP contribution in [0.5, 0.6) is 11.5 Å². The van der Waals surface area contributed by atoms with Crippen molar-refractivity contribution in [2.24, 2.45) is 5.16 Å². The van der Waals surface area contributed by atoms with Gasteiger partial charge in [0.25, 0.3) is 0 Å². The van der Waals surface area contributed by atoms with E-state index in [9.17, 15) is 44.0 Å². The molecule has 2 aromatic carbocycles. The summed E-state index contributed by atoms with van der Waals surface area (Å²) in [5.74, 6) is -1.71. The largest absolute Gasteiger partial charge is 0.524 e. The maximum atomic E-state index is 13.3. The molecular weight excluding hydrogens is 650 g/mol. The maximum absolute atomic E-state index is 13.3. The number of phosphoric acid groups is 1. The van der Waals surface area contributed by atoms with Gasteiger partial charge in [-0.2, -0.15) is 0 Å². The van der Waals surface area contributed by atoms with Crippen LogP contribution in [-0.4, -0.2) is 104 Å². The van der Waals surface area contributed by atoms with E-state index in [1.165, 1.54) is 55.6 Å². The summed E-state index contributed by atoms with van der Waals surface area (Å²) in [6.45, 7) is 1.20. The number of phosphoric ester groups is 1. The number of benzene rings is 2. The Balaban J connectivity index is 1.23. The van der Waals surface area contributed by atoms with Crippen molar-refractivity contribution in [3.05, 3.63) is 65.0 Å². The van der Waals surface area contributed by atoms with Crippen molar-refractivity contribution in [2.75, 3.05) is 6.79 Å². The van der Waals surface area contributed by atoms with E-state index in [1.807, 2.05) is 0 Å². The Kier molecular flexibility index (Phi) is 10.9. The van der Waals surface area contributed by atoms with Gasteiger partial charge in [-0.1, -0.05) is 23.4 Å². The highest BCUT2D eigenvalue weighted by atomic mass is 31.2. The van der Waals surface area contributed by atoms with Crippen LogP contribution in [0.1, 0.15) is 24.5 Å². The van der Waals surface area contributed by atoms with Gasteiger partial charge < -0.3 is 54.1 Å². The van der Waals surface area contributed by atoms with Gasteiger partial charge in [-0.15, -0.1) is 0 Å². The van der Waals surface area contributed by atoms with Crippen LogP contribution >= 0.6 is 7.82 Å². The molecule has 2 saturated heterocycles. The number of carbonyl (C=O) groups excluding carboxylic acids is 1. The second-order valence-corrected chi connectivity index (χ2v) is 12.2. The van der Waals surface area contributed by atoms with Crippen LogP contribution in [0.15, 0.2) is 53.2 Å². The molecule has 0 spiro atoms. The van der Waals surface area contributed by atoms with Crippen molar-refractivity contribution in [1.82, 2.24) is 5.32 Å². The third-order valence-corrected chi connectivity index (χ3v) is 8.05. The van der Waals surface area contributed by atoms with E-state index < -0.39 is 80.4 Å². The fraction of sp³-hybridized carbons (Fsp3) is 0.448. The molecule has 3 fully saturated rings. The van der Waals surface area contributed by atoms with Gasteiger partial charge in [0.1, 0.15) is 55.8 Å². The third-order valence-electron chi connectivity index (χ3n) is 7.61. The topological polar surface area (TPSA) is 235 Å². The SMILES string of the molecule is C/C(=C\c1ccc(O[C@H]2C[C@H](O)[C@@H](/C=N\OCc3cccc(F)c3)O2)c(OP(=O)(O)O)c1)C(=O)N[C@@H]1[C@H](O)[C@@H](O)[C@H]2OCO[C@H]2[C@@H]1O. The molecule has 2 aliphatic heterocycles. The zero-order chi connectivity index (χ0) is 33.9. The van der Waals surface area contributed by atoms with Gasteiger partial charge in [-0.05, 0) is 48.4 Å². The number of hydrogen-bond donors (Lipinski definition) is 7. The van der Waals surface area contributed by atoms with Gasteiger partial charge >= 0.3 is 7.82 Å². The lowest BCUT2D eigenvalue weighted by atomic mass is 9.83. The van der Waals surface area contributed by atoms with Crippen molar-refractivity contribution in [2.45, 2.75) is 75.0 Å². The third kappa shape index (κ3) is 8.71. The van der Waals surface area contributed by atoms with E-state index in [-0.39, 0.29) is 36.7 Å². The summed E-state index contributed by atoms with van der Waals surface area (Å²) in [6, 6.07) is 8.40. The molecule has 18 heteroatoms. The minimum absolute atomic E-state index is 0.0269. The van der Waals surface area contributed by atoms with E-state index >= 15 is 0 Å². The summed E-state index contributed by atoms with van der Waals surface area (Å²) in [6.07, 6.45) is -6.91. The molecule has 7 N–H and O–H groups in total. The first-order chi connectivity index (χ1) is 22.3. The Hall–Kier alpha value is -3.48. The van der Waals surface area contributed by atoms with Crippen LogP contribution < -0.4 is 14.6 Å². The lowest BCUT2D eigenvalue weighted by molar-refractivity contribution is -0.155. The van der Waals surface area contributed by atoms with Crippen molar-refractivity contribution in [1.29, 1.82) is 0 Å². The number of rotatable bonds is 11.